The van der Waals surface area contributed by atoms with Crippen molar-refractivity contribution in [3.8, 4) is 0 Å². The first-order valence-electron chi connectivity index (χ1n) is 3.63. The average molecular weight is 233 g/mol. The Morgan fingerprint density at radius 3 is 2.43 bits per heavy atom. The molecule has 1 aromatic heterocycles. The highest BCUT2D eigenvalue weighted by atomic mass is 35.7. The van der Waals surface area contributed by atoms with Gasteiger partial charge in [-0.05, 0) is 18.2 Å². The Morgan fingerprint density at radius 2 is 1.79 bits per heavy atom. The second kappa shape index (κ2) is 2.86. The lowest BCUT2D eigenvalue weighted by atomic mass is 10.3. The van der Waals surface area contributed by atoms with Crippen LogP contribution in [-0.4, -0.2) is 18.4 Å². The van der Waals surface area contributed by atoms with Crippen molar-refractivity contribution < 1.29 is 8.42 Å². The van der Waals surface area contributed by atoms with Crippen LogP contribution in [0.15, 0.2) is 27.9 Å². The average Bonchev–Trinajstić information content (AvgIpc) is 2.41. The minimum absolute atomic E-state index is 0.0399. The molecule has 2 rings (SSSR count). The zero-order valence-corrected chi connectivity index (χ0v) is 8.32. The van der Waals surface area contributed by atoms with E-state index in [2.05, 4.69) is 9.97 Å². The summed E-state index contributed by atoms with van der Waals surface area (Å²) in [4.78, 5) is 15.7. The molecule has 0 saturated carbocycles. The standard InChI is InChI=1S/C7H5ClN2O3S/c8-14(12,13)4-1-2-5-6(3-4)10-7(11)9-5/h1-3H,(H2,9,10,11). The van der Waals surface area contributed by atoms with Gasteiger partial charge in [0.25, 0.3) is 9.05 Å². The molecule has 14 heavy (non-hydrogen) atoms. The van der Waals surface area contributed by atoms with Crippen molar-refractivity contribution in [2.45, 2.75) is 4.90 Å². The number of hydrogen-bond acceptors (Lipinski definition) is 3. The van der Waals surface area contributed by atoms with Crippen LogP contribution in [0.25, 0.3) is 11.0 Å². The highest BCUT2D eigenvalue weighted by Gasteiger charge is 2.10. The third kappa shape index (κ3) is 1.53. The predicted molar refractivity (Wildman–Crippen MR) is 52.0 cm³/mol. The number of H-pyrrole nitrogens is 2. The molecule has 1 aromatic carbocycles. The SMILES string of the molecule is O=c1[nH]c2ccc(S(=O)(=O)Cl)cc2[nH]1. The molecule has 0 aliphatic carbocycles. The number of benzene rings is 1. The van der Waals surface area contributed by atoms with Gasteiger partial charge in [-0.3, -0.25) is 0 Å². The van der Waals surface area contributed by atoms with Crippen molar-refractivity contribution in [3.05, 3.63) is 28.7 Å². The third-order valence-corrected chi connectivity index (χ3v) is 3.12. The van der Waals surface area contributed by atoms with E-state index in [0.29, 0.717) is 11.0 Å². The largest absolute Gasteiger partial charge is 0.323 e. The molecular formula is C7H5ClN2O3S. The zero-order valence-electron chi connectivity index (χ0n) is 6.74. The van der Waals surface area contributed by atoms with Crippen molar-refractivity contribution in [1.82, 2.24) is 9.97 Å². The molecule has 0 spiro atoms. The summed E-state index contributed by atoms with van der Waals surface area (Å²) in [5.41, 5.74) is 0.569. The van der Waals surface area contributed by atoms with Gasteiger partial charge in [0.1, 0.15) is 0 Å². The predicted octanol–water partition coefficient (Wildman–Crippen LogP) is 0.784. The molecule has 0 aliphatic rings. The van der Waals surface area contributed by atoms with Gasteiger partial charge in [0.05, 0.1) is 15.9 Å². The number of fused-ring (bicyclic) bond motifs is 1. The van der Waals surface area contributed by atoms with Crippen LogP contribution in [0.4, 0.5) is 0 Å². The zero-order chi connectivity index (χ0) is 10.3. The first-order valence-corrected chi connectivity index (χ1v) is 5.94. The highest BCUT2D eigenvalue weighted by molar-refractivity contribution is 8.13. The van der Waals surface area contributed by atoms with Gasteiger partial charge in [-0.25, -0.2) is 13.2 Å². The van der Waals surface area contributed by atoms with Crippen LogP contribution >= 0.6 is 10.7 Å². The maximum absolute atomic E-state index is 10.9. The Bertz CT molecular complexity index is 640. The van der Waals surface area contributed by atoms with Crippen molar-refractivity contribution in [2.75, 3.05) is 0 Å². The van der Waals surface area contributed by atoms with Crippen LogP contribution < -0.4 is 5.69 Å². The van der Waals surface area contributed by atoms with E-state index >= 15 is 0 Å². The number of aromatic nitrogens is 2. The lowest BCUT2D eigenvalue weighted by Gasteiger charge is -1.94. The maximum Gasteiger partial charge on any atom is 0.323 e. The summed E-state index contributed by atoms with van der Waals surface area (Å²) in [6.45, 7) is 0. The summed E-state index contributed by atoms with van der Waals surface area (Å²) in [6, 6.07) is 4.10. The van der Waals surface area contributed by atoms with Gasteiger partial charge in [0.15, 0.2) is 0 Å². The highest BCUT2D eigenvalue weighted by Crippen LogP contribution is 2.18. The first-order chi connectivity index (χ1) is 6.47. The minimum atomic E-state index is -3.75. The minimum Gasteiger partial charge on any atom is -0.306 e. The fourth-order valence-electron chi connectivity index (χ4n) is 1.16. The smallest absolute Gasteiger partial charge is 0.306 e. The molecule has 2 aromatic rings. The normalized spacial score (nSPS) is 12.1. The molecule has 0 saturated heterocycles. The lowest BCUT2D eigenvalue weighted by molar-refractivity contribution is 0.609. The van der Waals surface area contributed by atoms with Crippen molar-refractivity contribution >= 4 is 30.8 Å². The molecule has 0 atom stereocenters. The van der Waals surface area contributed by atoms with E-state index in [9.17, 15) is 13.2 Å². The summed E-state index contributed by atoms with van der Waals surface area (Å²) in [5.74, 6) is 0. The second-order valence-corrected chi connectivity index (χ2v) is 5.29. The van der Waals surface area contributed by atoms with E-state index in [1.54, 1.807) is 0 Å². The van der Waals surface area contributed by atoms with Crippen LogP contribution in [0.3, 0.4) is 0 Å². The van der Waals surface area contributed by atoms with Crippen molar-refractivity contribution in [2.24, 2.45) is 0 Å². The quantitative estimate of drug-likeness (QED) is 0.713. The van der Waals surface area contributed by atoms with Crippen LogP contribution in [-0.2, 0) is 9.05 Å². The number of halogens is 1. The summed E-state index contributed by atoms with van der Waals surface area (Å²) in [5, 5.41) is 0. The summed E-state index contributed by atoms with van der Waals surface area (Å²) in [7, 11) is 1.39. The molecule has 5 nitrogen and oxygen atoms in total. The van der Waals surface area contributed by atoms with Gasteiger partial charge in [0.2, 0.25) is 0 Å². The van der Waals surface area contributed by atoms with Crippen molar-refractivity contribution in [1.29, 1.82) is 0 Å². The molecule has 7 heteroatoms. The summed E-state index contributed by atoms with van der Waals surface area (Å²) >= 11 is 0. The number of imidazole rings is 1. The van der Waals surface area contributed by atoms with Gasteiger partial charge in [-0.15, -0.1) is 0 Å². The monoisotopic (exact) mass is 232 g/mol. The van der Waals surface area contributed by atoms with Gasteiger partial charge in [-0.2, -0.15) is 0 Å². The fraction of sp³-hybridized carbons (Fsp3) is 0. The van der Waals surface area contributed by atoms with Crippen LogP contribution in [0.1, 0.15) is 0 Å². The Balaban J connectivity index is 2.80. The Morgan fingerprint density at radius 1 is 1.14 bits per heavy atom. The second-order valence-electron chi connectivity index (χ2n) is 2.72. The summed E-state index contributed by atoms with van der Waals surface area (Å²) in [6.07, 6.45) is 0. The molecule has 74 valence electrons. The molecular weight excluding hydrogens is 228 g/mol. The number of rotatable bonds is 1. The van der Waals surface area contributed by atoms with E-state index in [1.165, 1.54) is 18.2 Å². The number of hydrogen-bond donors (Lipinski definition) is 2. The molecule has 0 bridgehead atoms. The fourth-order valence-corrected chi connectivity index (χ4v) is 1.94. The Hall–Kier alpha value is -1.27. The van der Waals surface area contributed by atoms with Gasteiger partial charge >= 0.3 is 5.69 Å². The van der Waals surface area contributed by atoms with E-state index in [0.717, 1.165) is 0 Å². The van der Waals surface area contributed by atoms with Crippen LogP contribution in [0.5, 0.6) is 0 Å². The molecule has 0 amide bonds. The number of aromatic amines is 2. The van der Waals surface area contributed by atoms with Crippen molar-refractivity contribution in [3.63, 3.8) is 0 Å². The third-order valence-electron chi connectivity index (χ3n) is 1.77. The first kappa shape index (κ1) is 9.29. The van der Waals surface area contributed by atoms with Gasteiger partial charge < -0.3 is 9.97 Å². The van der Waals surface area contributed by atoms with Crippen LogP contribution in [0.2, 0.25) is 0 Å². The molecule has 1 heterocycles. The molecule has 0 radical (unpaired) electrons. The molecule has 0 unspecified atom stereocenters. The van der Waals surface area contributed by atoms with E-state index in [4.69, 9.17) is 10.7 Å². The van der Waals surface area contributed by atoms with E-state index in [1.807, 2.05) is 0 Å². The molecule has 2 N–H and O–H groups in total. The topological polar surface area (TPSA) is 82.8 Å². The summed E-state index contributed by atoms with van der Waals surface area (Å²) < 4.78 is 21.9. The van der Waals surface area contributed by atoms with E-state index < -0.39 is 9.05 Å². The molecule has 0 aliphatic heterocycles. The van der Waals surface area contributed by atoms with E-state index in [-0.39, 0.29) is 10.6 Å². The lowest BCUT2D eigenvalue weighted by Crippen LogP contribution is -1.99. The number of nitrogens with one attached hydrogen (secondary N) is 2. The van der Waals surface area contributed by atoms with Gasteiger partial charge in [-0.1, -0.05) is 0 Å². The molecule has 0 fully saturated rings. The Labute approximate surface area is 83.1 Å². The Kier molecular flexibility index (Phi) is 1.90. The van der Waals surface area contributed by atoms with Gasteiger partial charge in [0, 0.05) is 10.7 Å². The van der Waals surface area contributed by atoms with Crippen LogP contribution in [0, 0.1) is 0 Å². The maximum atomic E-state index is 10.9.